The molecule has 4 rings (SSSR count). The van der Waals surface area contributed by atoms with Crippen molar-refractivity contribution in [3.8, 4) is 16.9 Å². The average Bonchev–Trinajstić information content (AvgIpc) is 3.14. The molecule has 2 aromatic heterocycles. The molecule has 4 aromatic rings. The molecule has 0 atom stereocenters. The Morgan fingerprint density at radius 1 is 1.03 bits per heavy atom. The van der Waals surface area contributed by atoms with Gasteiger partial charge in [0.25, 0.3) is 10.0 Å². The van der Waals surface area contributed by atoms with Crippen molar-refractivity contribution in [1.29, 1.82) is 0 Å². The summed E-state index contributed by atoms with van der Waals surface area (Å²) in [7, 11) is -3.84. The Morgan fingerprint density at radius 2 is 1.80 bits per heavy atom. The molecule has 0 aliphatic carbocycles. The molecule has 152 valence electrons. The molecule has 0 spiro atoms. The van der Waals surface area contributed by atoms with Gasteiger partial charge in [-0.05, 0) is 61.9 Å². The van der Waals surface area contributed by atoms with E-state index in [9.17, 15) is 13.2 Å². The van der Waals surface area contributed by atoms with Crippen molar-refractivity contribution in [2.45, 2.75) is 24.8 Å². The van der Waals surface area contributed by atoms with E-state index < -0.39 is 10.0 Å². The lowest BCUT2D eigenvalue weighted by Crippen LogP contribution is -2.12. The molecule has 0 aliphatic heterocycles. The Morgan fingerprint density at radius 3 is 2.50 bits per heavy atom. The molecule has 0 saturated carbocycles. The maximum atomic E-state index is 13.3. The molecular formula is C23H20N2O4S. The zero-order chi connectivity index (χ0) is 21.3. The molecule has 0 aliphatic rings. The van der Waals surface area contributed by atoms with Crippen LogP contribution < -0.4 is 4.74 Å². The maximum Gasteiger partial charge on any atom is 0.269 e. The number of carbonyl (C=O) groups is 1. The van der Waals surface area contributed by atoms with E-state index >= 15 is 0 Å². The highest BCUT2D eigenvalue weighted by Gasteiger charge is 2.22. The number of hydrogen-bond donors (Lipinski definition) is 0. The molecular weight excluding hydrogens is 400 g/mol. The van der Waals surface area contributed by atoms with Crippen LogP contribution in [0, 0.1) is 0 Å². The fraction of sp³-hybridized carbons (Fsp3) is 0.130. The van der Waals surface area contributed by atoms with E-state index in [4.69, 9.17) is 4.74 Å². The number of aromatic nitrogens is 2. The third-order valence-corrected chi connectivity index (χ3v) is 6.24. The van der Waals surface area contributed by atoms with Gasteiger partial charge >= 0.3 is 0 Å². The van der Waals surface area contributed by atoms with E-state index in [1.54, 1.807) is 67.0 Å². The largest absolute Gasteiger partial charge is 0.491 e. The Hall–Kier alpha value is -3.45. The van der Waals surface area contributed by atoms with Gasteiger partial charge in [-0.1, -0.05) is 18.2 Å². The molecule has 2 aromatic carbocycles. The summed E-state index contributed by atoms with van der Waals surface area (Å²) in [6.07, 6.45) is 3.78. The number of benzene rings is 2. The smallest absolute Gasteiger partial charge is 0.269 e. The first-order valence-corrected chi connectivity index (χ1v) is 10.9. The van der Waals surface area contributed by atoms with Gasteiger partial charge in [0.1, 0.15) is 12.0 Å². The Kier molecular flexibility index (Phi) is 5.13. The van der Waals surface area contributed by atoms with Crippen LogP contribution >= 0.6 is 0 Å². The second kappa shape index (κ2) is 7.76. The molecule has 0 amide bonds. The fourth-order valence-electron chi connectivity index (χ4n) is 3.34. The zero-order valence-corrected chi connectivity index (χ0v) is 17.3. The summed E-state index contributed by atoms with van der Waals surface area (Å²) in [5.41, 5.74) is 2.09. The molecule has 6 nitrogen and oxygen atoms in total. The SMILES string of the molecule is CC(C)Oc1cc(C=O)cc(-c2cn(S(=O)(=O)c3ccccc3)c3ncccc23)c1. The summed E-state index contributed by atoms with van der Waals surface area (Å²) in [4.78, 5) is 16.0. The lowest BCUT2D eigenvalue weighted by molar-refractivity contribution is 0.112. The first-order chi connectivity index (χ1) is 14.4. The lowest BCUT2D eigenvalue weighted by atomic mass is 10.0. The van der Waals surface area contributed by atoms with Crippen LogP contribution in [-0.4, -0.2) is 29.8 Å². The minimum atomic E-state index is -3.84. The first kappa shape index (κ1) is 19.8. The van der Waals surface area contributed by atoms with Crippen molar-refractivity contribution in [3.63, 3.8) is 0 Å². The standard InChI is InChI=1S/C23H20N2O4S/c1-16(2)29-19-12-17(15-26)11-18(13-19)22-14-25(23-21(22)9-6-10-24-23)30(27,28)20-7-4-3-5-8-20/h3-16H,1-2H3. The molecule has 0 N–H and O–H groups in total. The maximum absolute atomic E-state index is 13.3. The monoisotopic (exact) mass is 420 g/mol. The van der Waals surface area contributed by atoms with Gasteiger partial charge in [-0.2, -0.15) is 0 Å². The molecule has 2 heterocycles. The van der Waals surface area contributed by atoms with Crippen LogP contribution in [0.1, 0.15) is 24.2 Å². The predicted octanol–water partition coefficient (Wildman–Crippen LogP) is 4.54. The summed E-state index contributed by atoms with van der Waals surface area (Å²) in [6, 6.07) is 16.9. The quantitative estimate of drug-likeness (QED) is 0.428. The summed E-state index contributed by atoms with van der Waals surface area (Å²) >= 11 is 0. The van der Waals surface area contributed by atoms with Crippen molar-refractivity contribution < 1.29 is 17.9 Å². The van der Waals surface area contributed by atoms with Crippen molar-refractivity contribution in [1.82, 2.24) is 8.96 Å². The van der Waals surface area contributed by atoms with Crippen LogP contribution in [0.5, 0.6) is 5.75 Å². The van der Waals surface area contributed by atoms with E-state index in [1.165, 1.54) is 3.97 Å². The summed E-state index contributed by atoms with van der Waals surface area (Å²) in [5.74, 6) is 0.542. The van der Waals surface area contributed by atoms with Gasteiger partial charge < -0.3 is 4.74 Å². The van der Waals surface area contributed by atoms with Gasteiger partial charge in [-0.25, -0.2) is 17.4 Å². The second-order valence-corrected chi connectivity index (χ2v) is 8.92. The van der Waals surface area contributed by atoms with Crippen molar-refractivity contribution in [2.24, 2.45) is 0 Å². The highest BCUT2D eigenvalue weighted by Crippen LogP contribution is 2.34. The highest BCUT2D eigenvalue weighted by molar-refractivity contribution is 7.90. The average molecular weight is 420 g/mol. The van der Waals surface area contributed by atoms with E-state index in [0.29, 0.717) is 33.5 Å². The van der Waals surface area contributed by atoms with Crippen LogP contribution in [0.15, 0.2) is 78.0 Å². The molecule has 0 radical (unpaired) electrons. The van der Waals surface area contributed by atoms with Crippen LogP contribution in [0.4, 0.5) is 0 Å². The minimum absolute atomic E-state index is 0.0683. The third kappa shape index (κ3) is 3.59. The molecule has 0 fully saturated rings. The number of pyridine rings is 1. The number of carbonyl (C=O) groups excluding carboxylic acids is 1. The fourth-order valence-corrected chi connectivity index (χ4v) is 4.68. The lowest BCUT2D eigenvalue weighted by Gasteiger charge is -2.12. The van der Waals surface area contributed by atoms with E-state index in [0.717, 1.165) is 6.29 Å². The van der Waals surface area contributed by atoms with Crippen LogP contribution in [0.2, 0.25) is 0 Å². The second-order valence-electron chi connectivity index (χ2n) is 7.11. The van der Waals surface area contributed by atoms with E-state index in [1.807, 2.05) is 19.9 Å². The number of aldehydes is 1. The summed E-state index contributed by atoms with van der Waals surface area (Å²) in [5, 5.41) is 0.663. The Bertz CT molecular complexity index is 1330. The number of hydrogen-bond acceptors (Lipinski definition) is 5. The highest BCUT2D eigenvalue weighted by atomic mass is 32.2. The normalized spacial score (nSPS) is 11.7. The van der Waals surface area contributed by atoms with Gasteiger partial charge in [0, 0.05) is 28.9 Å². The first-order valence-electron chi connectivity index (χ1n) is 9.44. The van der Waals surface area contributed by atoms with Gasteiger partial charge in [-0.15, -0.1) is 0 Å². The number of fused-ring (bicyclic) bond motifs is 1. The Labute approximate surface area is 174 Å². The van der Waals surface area contributed by atoms with Crippen molar-refractivity contribution in [3.05, 3.63) is 78.6 Å². The molecule has 30 heavy (non-hydrogen) atoms. The molecule has 0 unspecified atom stereocenters. The molecule has 0 saturated heterocycles. The van der Waals surface area contributed by atoms with Gasteiger partial charge in [0.15, 0.2) is 5.65 Å². The molecule has 7 heteroatoms. The summed E-state index contributed by atoms with van der Waals surface area (Å²) in [6.45, 7) is 3.80. The van der Waals surface area contributed by atoms with Gasteiger partial charge in [0.2, 0.25) is 0 Å². The number of rotatable bonds is 6. The number of nitrogens with zero attached hydrogens (tertiary/aromatic N) is 2. The van der Waals surface area contributed by atoms with E-state index in [-0.39, 0.29) is 11.0 Å². The third-order valence-electron chi connectivity index (χ3n) is 4.58. The van der Waals surface area contributed by atoms with Crippen LogP contribution in [0.3, 0.4) is 0 Å². The number of ether oxygens (including phenoxy) is 1. The molecule has 0 bridgehead atoms. The van der Waals surface area contributed by atoms with Gasteiger partial charge in [-0.3, -0.25) is 4.79 Å². The van der Waals surface area contributed by atoms with E-state index in [2.05, 4.69) is 4.98 Å². The van der Waals surface area contributed by atoms with Crippen molar-refractivity contribution in [2.75, 3.05) is 0 Å². The topological polar surface area (TPSA) is 78.3 Å². The predicted molar refractivity (Wildman–Crippen MR) is 115 cm³/mol. The van der Waals surface area contributed by atoms with Crippen molar-refractivity contribution >= 4 is 27.3 Å². The minimum Gasteiger partial charge on any atom is -0.491 e. The summed E-state index contributed by atoms with van der Waals surface area (Å²) < 4.78 is 33.5. The van der Waals surface area contributed by atoms with Crippen LogP contribution in [0.25, 0.3) is 22.2 Å². The Balaban J connectivity index is 1.96. The zero-order valence-electron chi connectivity index (χ0n) is 16.5. The van der Waals surface area contributed by atoms with Gasteiger partial charge in [0.05, 0.1) is 11.0 Å². The van der Waals surface area contributed by atoms with Crippen LogP contribution in [-0.2, 0) is 10.0 Å².